The van der Waals surface area contributed by atoms with Crippen LogP contribution in [0.1, 0.15) is 40.0 Å². The topological polar surface area (TPSA) is 78.4 Å². The number of aromatic nitrogens is 2. The van der Waals surface area contributed by atoms with Crippen LogP contribution < -0.4 is 0 Å². The highest BCUT2D eigenvalue weighted by Gasteiger charge is 2.21. The van der Waals surface area contributed by atoms with Crippen LogP contribution in [0.2, 0.25) is 0 Å². The normalized spacial score (nSPS) is 10.4. The molecule has 0 aliphatic heterocycles. The van der Waals surface area contributed by atoms with E-state index in [2.05, 4.69) is 19.4 Å². The second-order valence-electron chi connectivity index (χ2n) is 3.28. The fraction of sp³-hybridized carbons (Fsp3) is 0.333. The quantitative estimate of drug-likeness (QED) is 0.753. The molecule has 18 heavy (non-hydrogen) atoms. The molecule has 0 saturated heterocycles. The van der Waals surface area contributed by atoms with Crippen molar-refractivity contribution in [3.63, 3.8) is 0 Å². The van der Waals surface area contributed by atoms with Crippen molar-refractivity contribution in [1.82, 2.24) is 9.97 Å². The van der Waals surface area contributed by atoms with Crippen LogP contribution in [-0.2, 0) is 9.47 Å². The predicted molar refractivity (Wildman–Crippen MR) is 64.0 cm³/mol. The Morgan fingerprint density at radius 2 is 1.94 bits per heavy atom. The Morgan fingerprint density at radius 1 is 1.28 bits per heavy atom. The Labute approximate surface area is 105 Å². The van der Waals surface area contributed by atoms with Crippen molar-refractivity contribution in [2.75, 3.05) is 14.2 Å². The van der Waals surface area contributed by atoms with Crippen molar-refractivity contribution in [2.45, 2.75) is 13.3 Å². The molecule has 0 atom stereocenters. The Kier molecular flexibility index (Phi) is 4.98. The molecule has 0 spiro atoms. The van der Waals surface area contributed by atoms with Gasteiger partial charge in [0.05, 0.1) is 14.2 Å². The maximum absolute atomic E-state index is 11.5. The summed E-state index contributed by atoms with van der Waals surface area (Å²) in [7, 11) is 2.43. The van der Waals surface area contributed by atoms with Crippen LogP contribution in [0.4, 0.5) is 0 Å². The number of allylic oxidation sites excluding steroid dienone is 1. The average Bonchev–Trinajstić information content (AvgIpc) is 2.43. The molecule has 6 nitrogen and oxygen atoms in total. The smallest absolute Gasteiger partial charge is 0.357 e. The average molecular weight is 250 g/mol. The van der Waals surface area contributed by atoms with Crippen molar-refractivity contribution in [3.05, 3.63) is 29.4 Å². The number of hydrogen-bond acceptors (Lipinski definition) is 6. The second-order valence-corrected chi connectivity index (χ2v) is 3.28. The molecule has 0 N–H and O–H groups in total. The number of carbonyl (C=O) groups is 2. The lowest BCUT2D eigenvalue weighted by Gasteiger charge is -2.05. The minimum absolute atomic E-state index is 0.0157. The summed E-state index contributed by atoms with van der Waals surface area (Å²) in [5.74, 6) is -1.05. The Hall–Kier alpha value is -2.24. The number of nitrogens with zero attached hydrogens (tertiary/aromatic N) is 2. The first-order chi connectivity index (χ1) is 8.63. The molecule has 1 rings (SSSR count). The summed E-state index contributed by atoms with van der Waals surface area (Å²) in [5, 5.41) is 0. The van der Waals surface area contributed by atoms with Crippen LogP contribution in [0.25, 0.3) is 6.08 Å². The molecule has 0 saturated carbocycles. The highest BCUT2D eigenvalue weighted by molar-refractivity contribution is 6.01. The number of carbonyl (C=O) groups excluding carboxylic acids is 2. The summed E-state index contributed by atoms with van der Waals surface area (Å²) in [4.78, 5) is 30.9. The van der Waals surface area contributed by atoms with E-state index in [0.717, 1.165) is 6.42 Å². The molecule has 1 heterocycles. The fourth-order valence-corrected chi connectivity index (χ4v) is 1.21. The maximum atomic E-state index is 11.5. The Balaban J connectivity index is 3.24. The van der Waals surface area contributed by atoms with Gasteiger partial charge < -0.3 is 9.47 Å². The summed E-state index contributed by atoms with van der Waals surface area (Å²) < 4.78 is 9.12. The van der Waals surface area contributed by atoms with E-state index >= 15 is 0 Å². The zero-order valence-electron chi connectivity index (χ0n) is 10.5. The van der Waals surface area contributed by atoms with E-state index in [1.54, 1.807) is 6.08 Å². The lowest BCUT2D eigenvalue weighted by Crippen LogP contribution is -2.15. The van der Waals surface area contributed by atoms with Gasteiger partial charge in [-0.1, -0.05) is 13.0 Å². The largest absolute Gasteiger partial charge is 0.465 e. The van der Waals surface area contributed by atoms with E-state index in [1.165, 1.54) is 20.4 Å². The van der Waals surface area contributed by atoms with Gasteiger partial charge in [0, 0.05) is 6.20 Å². The summed E-state index contributed by atoms with van der Waals surface area (Å²) in [6, 6.07) is 0. The number of methoxy groups -OCH3 is 2. The third-order valence-electron chi connectivity index (χ3n) is 2.09. The monoisotopic (exact) mass is 250 g/mol. The summed E-state index contributed by atoms with van der Waals surface area (Å²) in [5.41, 5.74) is -0.117. The molecule has 0 bridgehead atoms. The molecule has 0 radical (unpaired) electrons. The van der Waals surface area contributed by atoms with Crippen molar-refractivity contribution in [1.29, 1.82) is 0 Å². The number of esters is 2. The van der Waals surface area contributed by atoms with Gasteiger partial charge in [0.15, 0.2) is 11.5 Å². The van der Waals surface area contributed by atoms with Gasteiger partial charge in [-0.2, -0.15) is 0 Å². The Morgan fingerprint density at radius 3 is 2.50 bits per heavy atom. The zero-order valence-corrected chi connectivity index (χ0v) is 10.5. The predicted octanol–water partition coefficient (Wildman–Crippen LogP) is 1.47. The minimum Gasteiger partial charge on any atom is -0.465 e. The standard InChI is InChI=1S/C12H14N2O4/c1-4-5-6-9-13-7-8(11(15)17-2)10(14-9)12(16)18-3/h5-7H,4H2,1-3H3/b6-5+. The molecule has 1 aromatic heterocycles. The Bertz CT molecular complexity index is 483. The number of ether oxygens (including phenoxy) is 2. The number of rotatable bonds is 4. The molecule has 0 aromatic carbocycles. The van der Waals surface area contributed by atoms with E-state index in [1.807, 2.05) is 13.0 Å². The molecule has 0 unspecified atom stereocenters. The van der Waals surface area contributed by atoms with Gasteiger partial charge in [-0.3, -0.25) is 0 Å². The molecule has 0 aliphatic rings. The van der Waals surface area contributed by atoms with Crippen molar-refractivity contribution >= 4 is 18.0 Å². The third-order valence-corrected chi connectivity index (χ3v) is 2.09. The molecular formula is C12H14N2O4. The van der Waals surface area contributed by atoms with Crippen molar-refractivity contribution in [3.8, 4) is 0 Å². The fourth-order valence-electron chi connectivity index (χ4n) is 1.21. The minimum atomic E-state index is -0.705. The van der Waals surface area contributed by atoms with Gasteiger partial charge in [-0.15, -0.1) is 0 Å². The van der Waals surface area contributed by atoms with Gasteiger partial charge in [-0.25, -0.2) is 19.6 Å². The molecule has 0 fully saturated rings. The van der Waals surface area contributed by atoms with Gasteiger partial charge >= 0.3 is 11.9 Å². The highest BCUT2D eigenvalue weighted by atomic mass is 16.5. The van der Waals surface area contributed by atoms with E-state index < -0.39 is 11.9 Å². The van der Waals surface area contributed by atoms with Gasteiger partial charge in [0.1, 0.15) is 5.56 Å². The maximum Gasteiger partial charge on any atom is 0.357 e. The van der Waals surface area contributed by atoms with E-state index in [9.17, 15) is 9.59 Å². The second kappa shape index (κ2) is 6.48. The summed E-state index contributed by atoms with van der Waals surface area (Å²) in [6.45, 7) is 1.96. The first kappa shape index (κ1) is 13.8. The first-order valence-electron chi connectivity index (χ1n) is 5.34. The SMILES string of the molecule is CC/C=C/c1ncc(C(=O)OC)c(C(=O)OC)n1. The van der Waals surface area contributed by atoms with Crippen LogP contribution in [-0.4, -0.2) is 36.1 Å². The van der Waals surface area contributed by atoms with Gasteiger partial charge in [0.2, 0.25) is 0 Å². The zero-order chi connectivity index (χ0) is 13.5. The van der Waals surface area contributed by atoms with Crippen molar-refractivity contribution in [2.24, 2.45) is 0 Å². The third kappa shape index (κ3) is 3.13. The molecular weight excluding hydrogens is 236 g/mol. The van der Waals surface area contributed by atoms with Crippen LogP contribution >= 0.6 is 0 Å². The molecule has 6 heteroatoms. The summed E-state index contributed by atoms with van der Waals surface area (Å²) >= 11 is 0. The van der Waals surface area contributed by atoms with Crippen LogP contribution in [0, 0.1) is 0 Å². The molecule has 0 aliphatic carbocycles. The lowest BCUT2D eigenvalue weighted by molar-refractivity contribution is 0.0549. The van der Waals surface area contributed by atoms with E-state index in [4.69, 9.17) is 0 Å². The lowest BCUT2D eigenvalue weighted by atomic mass is 10.2. The first-order valence-corrected chi connectivity index (χ1v) is 5.34. The molecule has 0 amide bonds. The highest BCUT2D eigenvalue weighted by Crippen LogP contribution is 2.09. The van der Waals surface area contributed by atoms with Crippen molar-refractivity contribution < 1.29 is 19.1 Å². The van der Waals surface area contributed by atoms with Gasteiger partial charge in [0.25, 0.3) is 0 Å². The summed E-state index contributed by atoms with van der Waals surface area (Å²) in [6.07, 6.45) is 5.57. The molecule has 96 valence electrons. The van der Waals surface area contributed by atoms with Crippen LogP contribution in [0.5, 0.6) is 0 Å². The van der Waals surface area contributed by atoms with Gasteiger partial charge in [-0.05, 0) is 12.5 Å². The van der Waals surface area contributed by atoms with E-state index in [-0.39, 0.29) is 11.3 Å². The van der Waals surface area contributed by atoms with Crippen LogP contribution in [0.3, 0.4) is 0 Å². The number of hydrogen-bond donors (Lipinski definition) is 0. The van der Waals surface area contributed by atoms with Crippen LogP contribution in [0.15, 0.2) is 12.3 Å². The van der Waals surface area contributed by atoms with E-state index in [0.29, 0.717) is 5.82 Å². The molecule has 1 aromatic rings.